The summed E-state index contributed by atoms with van der Waals surface area (Å²) in [4.78, 5) is 29.6. The fourth-order valence-corrected chi connectivity index (χ4v) is 2.99. The zero-order valence-electron chi connectivity index (χ0n) is 15.4. The third kappa shape index (κ3) is 3.36. The van der Waals surface area contributed by atoms with Gasteiger partial charge in [-0.05, 0) is 30.7 Å². The van der Waals surface area contributed by atoms with Crippen LogP contribution in [0.3, 0.4) is 0 Å². The SMILES string of the molecule is CCCNC(=O)c1nc(C(=O)Nc2ccc3c(c2)OCCO3)c2ccccn12. The molecule has 0 aliphatic carbocycles. The molecule has 0 spiro atoms. The van der Waals surface area contributed by atoms with Crippen LogP contribution in [0.4, 0.5) is 5.69 Å². The molecule has 0 saturated carbocycles. The second kappa shape index (κ2) is 7.59. The van der Waals surface area contributed by atoms with Gasteiger partial charge < -0.3 is 20.1 Å². The minimum Gasteiger partial charge on any atom is -0.486 e. The number of carbonyl (C=O) groups excluding carboxylic acids is 2. The van der Waals surface area contributed by atoms with Gasteiger partial charge in [-0.15, -0.1) is 0 Å². The smallest absolute Gasteiger partial charge is 0.287 e. The van der Waals surface area contributed by atoms with E-state index in [0.29, 0.717) is 42.5 Å². The van der Waals surface area contributed by atoms with Gasteiger partial charge in [-0.1, -0.05) is 13.0 Å². The predicted octanol–water partition coefficient (Wildman–Crippen LogP) is 2.50. The molecular formula is C20H20N4O4. The van der Waals surface area contributed by atoms with Crippen molar-refractivity contribution in [3.05, 3.63) is 54.1 Å². The molecule has 28 heavy (non-hydrogen) atoms. The highest BCUT2D eigenvalue weighted by molar-refractivity contribution is 6.09. The van der Waals surface area contributed by atoms with E-state index in [1.165, 1.54) is 0 Å². The van der Waals surface area contributed by atoms with Gasteiger partial charge in [0.1, 0.15) is 13.2 Å². The van der Waals surface area contributed by atoms with Crippen LogP contribution >= 0.6 is 0 Å². The third-order valence-corrected chi connectivity index (χ3v) is 4.30. The maximum atomic E-state index is 12.9. The molecule has 0 fully saturated rings. The summed E-state index contributed by atoms with van der Waals surface area (Å²) in [6.45, 7) is 3.48. The van der Waals surface area contributed by atoms with E-state index in [-0.39, 0.29) is 17.4 Å². The highest BCUT2D eigenvalue weighted by atomic mass is 16.6. The van der Waals surface area contributed by atoms with Crippen molar-refractivity contribution in [2.24, 2.45) is 0 Å². The molecule has 4 rings (SSSR count). The topological polar surface area (TPSA) is 94.0 Å². The molecule has 0 radical (unpaired) electrons. The van der Waals surface area contributed by atoms with Crippen LogP contribution in [0, 0.1) is 0 Å². The van der Waals surface area contributed by atoms with Gasteiger partial charge in [0.15, 0.2) is 17.2 Å². The van der Waals surface area contributed by atoms with Gasteiger partial charge in [0, 0.05) is 24.5 Å². The number of benzene rings is 1. The van der Waals surface area contributed by atoms with E-state index in [2.05, 4.69) is 15.6 Å². The Labute approximate surface area is 161 Å². The summed E-state index contributed by atoms with van der Waals surface area (Å²) in [5, 5.41) is 5.61. The first-order valence-corrected chi connectivity index (χ1v) is 9.13. The maximum absolute atomic E-state index is 12.9. The molecule has 2 amide bonds. The number of fused-ring (bicyclic) bond motifs is 2. The Morgan fingerprint density at radius 1 is 1.11 bits per heavy atom. The molecule has 0 saturated heterocycles. The first-order valence-electron chi connectivity index (χ1n) is 9.13. The van der Waals surface area contributed by atoms with Crippen LogP contribution in [0.1, 0.15) is 34.5 Å². The minimum absolute atomic E-state index is 0.177. The Balaban J connectivity index is 1.63. The Morgan fingerprint density at radius 3 is 2.75 bits per heavy atom. The molecule has 0 atom stereocenters. The molecule has 8 heteroatoms. The Kier molecular flexibility index (Phi) is 4.84. The monoisotopic (exact) mass is 380 g/mol. The number of rotatable bonds is 5. The van der Waals surface area contributed by atoms with E-state index < -0.39 is 5.91 Å². The summed E-state index contributed by atoms with van der Waals surface area (Å²) < 4.78 is 12.7. The van der Waals surface area contributed by atoms with Crippen molar-refractivity contribution in [3.8, 4) is 11.5 Å². The summed E-state index contributed by atoms with van der Waals surface area (Å²) >= 11 is 0. The Morgan fingerprint density at radius 2 is 1.93 bits per heavy atom. The fraction of sp³-hybridized carbons (Fsp3) is 0.250. The fourth-order valence-electron chi connectivity index (χ4n) is 2.99. The number of imidazole rings is 1. The van der Waals surface area contributed by atoms with Gasteiger partial charge in [0.25, 0.3) is 11.8 Å². The number of amides is 2. The first kappa shape index (κ1) is 17.8. The van der Waals surface area contributed by atoms with Crippen LogP contribution in [0.25, 0.3) is 5.52 Å². The molecule has 1 aliphatic rings. The molecule has 144 valence electrons. The summed E-state index contributed by atoms with van der Waals surface area (Å²) in [5.74, 6) is 0.678. The third-order valence-electron chi connectivity index (χ3n) is 4.30. The second-order valence-electron chi connectivity index (χ2n) is 6.31. The number of carbonyl (C=O) groups is 2. The molecule has 0 unspecified atom stereocenters. The number of aromatic nitrogens is 2. The van der Waals surface area contributed by atoms with Crippen LogP contribution in [0.15, 0.2) is 42.6 Å². The predicted molar refractivity (Wildman–Crippen MR) is 103 cm³/mol. The zero-order valence-corrected chi connectivity index (χ0v) is 15.4. The van der Waals surface area contributed by atoms with E-state index in [9.17, 15) is 9.59 Å². The van der Waals surface area contributed by atoms with Crippen molar-refractivity contribution in [2.45, 2.75) is 13.3 Å². The number of anilines is 1. The largest absolute Gasteiger partial charge is 0.486 e. The highest BCUT2D eigenvalue weighted by Gasteiger charge is 2.22. The molecule has 2 aromatic heterocycles. The number of hydrogen-bond donors (Lipinski definition) is 2. The lowest BCUT2D eigenvalue weighted by atomic mass is 10.2. The van der Waals surface area contributed by atoms with E-state index >= 15 is 0 Å². The number of nitrogens with one attached hydrogen (secondary N) is 2. The van der Waals surface area contributed by atoms with Gasteiger partial charge in [0.05, 0.1) is 5.52 Å². The number of nitrogens with zero attached hydrogens (tertiary/aromatic N) is 2. The lowest BCUT2D eigenvalue weighted by molar-refractivity contribution is 0.0942. The Hall–Kier alpha value is -3.55. The number of ether oxygens (including phenoxy) is 2. The molecular weight excluding hydrogens is 360 g/mol. The molecule has 3 heterocycles. The van der Waals surface area contributed by atoms with Crippen LogP contribution in [-0.2, 0) is 0 Å². The van der Waals surface area contributed by atoms with Gasteiger partial charge in [-0.25, -0.2) is 4.98 Å². The lowest BCUT2D eigenvalue weighted by Gasteiger charge is -2.18. The maximum Gasteiger partial charge on any atom is 0.287 e. The zero-order chi connectivity index (χ0) is 19.5. The standard InChI is InChI=1S/C20H20N4O4/c1-2-8-21-20(26)18-23-17(14-5-3-4-9-24(14)18)19(25)22-13-6-7-15-16(12-13)28-11-10-27-15/h3-7,9,12H,2,8,10-11H2,1H3,(H,21,26)(H,22,25). The van der Waals surface area contributed by atoms with Crippen LogP contribution in [0.2, 0.25) is 0 Å². The summed E-state index contributed by atoms with van der Waals surface area (Å²) in [5.41, 5.74) is 1.29. The van der Waals surface area contributed by atoms with Crippen LogP contribution < -0.4 is 20.1 Å². The van der Waals surface area contributed by atoms with Crippen molar-refractivity contribution in [1.82, 2.24) is 14.7 Å². The van der Waals surface area contributed by atoms with E-state index in [1.807, 2.05) is 6.92 Å². The quantitative estimate of drug-likeness (QED) is 0.709. The first-order chi connectivity index (χ1) is 13.7. The molecule has 2 N–H and O–H groups in total. The minimum atomic E-state index is -0.407. The average Bonchev–Trinajstić information content (AvgIpc) is 3.12. The van der Waals surface area contributed by atoms with Gasteiger partial charge in [-0.2, -0.15) is 0 Å². The van der Waals surface area contributed by atoms with Gasteiger partial charge in [-0.3, -0.25) is 14.0 Å². The molecule has 3 aromatic rings. The van der Waals surface area contributed by atoms with Crippen LogP contribution in [-0.4, -0.2) is 41.0 Å². The van der Waals surface area contributed by atoms with E-state index in [1.54, 1.807) is 47.0 Å². The summed E-state index contributed by atoms with van der Waals surface area (Å²) in [6, 6.07) is 10.5. The number of hydrogen-bond acceptors (Lipinski definition) is 5. The lowest BCUT2D eigenvalue weighted by Crippen LogP contribution is -2.26. The average molecular weight is 380 g/mol. The van der Waals surface area contributed by atoms with Crippen LogP contribution in [0.5, 0.6) is 11.5 Å². The second-order valence-corrected chi connectivity index (χ2v) is 6.31. The highest BCUT2D eigenvalue weighted by Crippen LogP contribution is 2.32. The van der Waals surface area contributed by atoms with Gasteiger partial charge in [0.2, 0.25) is 5.82 Å². The van der Waals surface area contributed by atoms with Gasteiger partial charge >= 0.3 is 0 Å². The Bertz CT molecular complexity index is 1040. The van der Waals surface area contributed by atoms with E-state index in [4.69, 9.17) is 9.47 Å². The van der Waals surface area contributed by atoms with E-state index in [0.717, 1.165) is 6.42 Å². The van der Waals surface area contributed by atoms with Crippen molar-refractivity contribution in [1.29, 1.82) is 0 Å². The molecule has 1 aliphatic heterocycles. The molecule has 1 aromatic carbocycles. The van der Waals surface area contributed by atoms with Crippen molar-refractivity contribution in [2.75, 3.05) is 25.1 Å². The molecule has 8 nitrogen and oxygen atoms in total. The molecule has 0 bridgehead atoms. The van der Waals surface area contributed by atoms with Crippen molar-refractivity contribution < 1.29 is 19.1 Å². The van der Waals surface area contributed by atoms with Crippen molar-refractivity contribution >= 4 is 23.0 Å². The van der Waals surface area contributed by atoms with Crippen molar-refractivity contribution in [3.63, 3.8) is 0 Å². The number of pyridine rings is 1. The normalized spacial score (nSPS) is 12.6. The summed E-state index contributed by atoms with van der Waals surface area (Å²) in [6.07, 6.45) is 2.52. The summed E-state index contributed by atoms with van der Waals surface area (Å²) in [7, 11) is 0.